The van der Waals surface area contributed by atoms with Crippen molar-refractivity contribution >= 4 is 42.4 Å². The van der Waals surface area contributed by atoms with Crippen molar-refractivity contribution in [3.05, 3.63) is 58.8 Å². The summed E-state index contributed by atoms with van der Waals surface area (Å²) in [5.41, 5.74) is 0.842. The molecule has 0 radical (unpaired) electrons. The van der Waals surface area contributed by atoms with Crippen LogP contribution in [0.15, 0.2) is 57.9 Å². The lowest BCUT2D eigenvalue weighted by Crippen LogP contribution is -2.26. The zero-order valence-corrected chi connectivity index (χ0v) is 15.6. The molecule has 0 aliphatic heterocycles. The second kappa shape index (κ2) is 6.58. The van der Waals surface area contributed by atoms with Gasteiger partial charge in [-0.15, -0.1) is 10.2 Å². The third-order valence-corrected chi connectivity index (χ3v) is 6.70. The van der Waals surface area contributed by atoms with E-state index in [2.05, 4.69) is 26.1 Å². The van der Waals surface area contributed by atoms with Crippen molar-refractivity contribution in [1.29, 1.82) is 0 Å². The first-order valence-corrected chi connectivity index (χ1v) is 9.77. The van der Waals surface area contributed by atoms with Crippen LogP contribution < -0.4 is 4.31 Å². The minimum absolute atomic E-state index is 0.00760. The molecule has 24 heavy (non-hydrogen) atoms. The maximum Gasteiger partial charge on any atom is 0.265 e. The molecule has 0 saturated heterocycles. The number of halogens is 2. The molecule has 1 aromatic heterocycles. The van der Waals surface area contributed by atoms with E-state index in [1.165, 1.54) is 19.2 Å². The number of hydrogen-bond donors (Lipinski definition) is 0. The summed E-state index contributed by atoms with van der Waals surface area (Å²) < 4.78 is 40.1. The van der Waals surface area contributed by atoms with Crippen molar-refractivity contribution in [1.82, 2.24) is 10.2 Å². The quantitative estimate of drug-likeness (QED) is 0.632. The molecule has 124 valence electrons. The third kappa shape index (κ3) is 3.33. The highest BCUT2D eigenvalue weighted by atomic mass is 79.9. The molecule has 2 aromatic carbocycles. The van der Waals surface area contributed by atoms with E-state index in [1.54, 1.807) is 0 Å². The van der Waals surface area contributed by atoms with Gasteiger partial charge in [-0.05, 0) is 36.4 Å². The van der Waals surface area contributed by atoms with E-state index in [0.29, 0.717) is 5.01 Å². The maximum absolute atomic E-state index is 13.0. The smallest absolute Gasteiger partial charge is 0.243 e. The molecule has 1 heterocycles. The number of nitrogens with zero attached hydrogens (tertiary/aromatic N) is 3. The second-order valence-corrected chi connectivity index (χ2v) is 8.66. The van der Waals surface area contributed by atoms with Gasteiger partial charge in [0.05, 0.1) is 4.90 Å². The van der Waals surface area contributed by atoms with Gasteiger partial charge in [-0.3, -0.25) is 0 Å². The summed E-state index contributed by atoms with van der Waals surface area (Å²) in [7, 11) is -2.42. The Kier molecular flexibility index (Phi) is 4.66. The van der Waals surface area contributed by atoms with Crippen LogP contribution >= 0.6 is 27.3 Å². The van der Waals surface area contributed by atoms with Gasteiger partial charge in [0.1, 0.15) is 10.8 Å². The van der Waals surface area contributed by atoms with Gasteiger partial charge < -0.3 is 0 Å². The minimum atomic E-state index is -3.82. The summed E-state index contributed by atoms with van der Waals surface area (Å²) in [6, 6.07) is 12.1. The summed E-state index contributed by atoms with van der Waals surface area (Å²) >= 11 is 4.52. The number of benzene rings is 2. The highest BCUT2D eigenvalue weighted by Crippen LogP contribution is 2.31. The van der Waals surface area contributed by atoms with E-state index in [-0.39, 0.29) is 10.0 Å². The van der Waals surface area contributed by atoms with E-state index in [4.69, 9.17) is 0 Å². The van der Waals surface area contributed by atoms with Gasteiger partial charge in [0, 0.05) is 17.1 Å². The molecule has 0 bridgehead atoms. The lowest BCUT2D eigenvalue weighted by Gasteiger charge is -2.15. The summed E-state index contributed by atoms with van der Waals surface area (Å²) in [5, 5.41) is 8.84. The van der Waals surface area contributed by atoms with Crippen molar-refractivity contribution in [3.63, 3.8) is 0 Å². The van der Waals surface area contributed by atoms with Crippen LogP contribution in [0.1, 0.15) is 0 Å². The zero-order valence-electron chi connectivity index (χ0n) is 12.3. The van der Waals surface area contributed by atoms with E-state index in [9.17, 15) is 12.8 Å². The van der Waals surface area contributed by atoms with Gasteiger partial charge in [-0.25, -0.2) is 17.1 Å². The highest BCUT2D eigenvalue weighted by molar-refractivity contribution is 9.10. The molecule has 0 N–H and O–H groups in total. The predicted molar refractivity (Wildman–Crippen MR) is 95.0 cm³/mol. The van der Waals surface area contributed by atoms with Crippen LogP contribution in [0.4, 0.5) is 9.52 Å². The molecule has 0 aliphatic carbocycles. The first kappa shape index (κ1) is 17.0. The standard InChI is InChI=1S/C15H11BrFN3O2S2/c1-20(24(21,22)13-8-6-12(17)7-9-13)15-19-18-14(23-15)10-2-4-11(16)5-3-10/h2-9H,1H3. The fraction of sp³-hybridized carbons (Fsp3) is 0.0667. The number of aromatic nitrogens is 2. The highest BCUT2D eigenvalue weighted by Gasteiger charge is 2.24. The second-order valence-electron chi connectivity index (χ2n) is 4.82. The molecule has 0 aliphatic rings. The SMILES string of the molecule is CN(c1nnc(-c2ccc(Br)cc2)s1)S(=O)(=O)c1ccc(F)cc1. The molecule has 0 saturated carbocycles. The Morgan fingerprint density at radius 1 is 1.04 bits per heavy atom. The third-order valence-electron chi connectivity index (χ3n) is 3.25. The predicted octanol–water partition coefficient (Wildman–Crippen LogP) is 3.93. The number of rotatable bonds is 4. The molecule has 0 atom stereocenters. The average molecular weight is 428 g/mol. The van der Waals surface area contributed by atoms with E-state index in [0.717, 1.165) is 37.8 Å². The van der Waals surface area contributed by atoms with Crippen molar-refractivity contribution in [2.24, 2.45) is 0 Å². The minimum Gasteiger partial charge on any atom is -0.243 e. The Morgan fingerprint density at radius 2 is 1.67 bits per heavy atom. The van der Waals surface area contributed by atoms with Crippen molar-refractivity contribution in [2.75, 3.05) is 11.4 Å². The van der Waals surface area contributed by atoms with Gasteiger partial charge in [0.2, 0.25) is 5.13 Å². The van der Waals surface area contributed by atoms with Crippen molar-refractivity contribution < 1.29 is 12.8 Å². The molecule has 3 aromatic rings. The lowest BCUT2D eigenvalue weighted by molar-refractivity contribution is 0.593. The van der Waals surface area contributed by atoms with Crippen LogP contribution in [0, 0.1) is 5.82 Å². The Balaban J connectivity index is 1.91. The Morgan fingerprint density at radius 3 is 2.29 bits per heavy atom. The number of hydrogen-bond acceptors (Lipinski definition) is 5. The van der Waals surface area contributed by atoms with Crippen LogP contribution in [0.5, 0.6) is 0 Å². The van der Waals surface area contributed by atoms with Gasteiger partial charge in [0.15, 0.2) is 0 Å². The molecule has 5 nitrogen and oxygen atoms in total. The van der Waals surface area contributed by atoms with E-state index in [1.807, 2.05) is 24.3 Å². The first-order chi connectivity index (χ1) is 11.4. The summed E-state index contributed by atoms with van der Waals surface area (Å²) in [6.07, 6.45) is 0. The lowest BCUT2D eigenvalue weighted by atomic mass is 10.2. The summed E-state index contributed by atoms with van der Waals surface area (Å²) in [4.78, 5) is -0.00760. The van der Waals surface area contributed by atoms with Crippen LogP contribution in [-0.2, 0) is 10.0 Å². The van der Waals surface area contributed by atoms with Crippen molar-refractivity contribution in [3.8, 4) is 10.6 Å². The normalized spacial score (nSPS) is 11.5. The van der Waals surface area contributed by atoms with Gasteiger partial charge in [0.25, 0.3) is 10.0 Å². The first-order valence-electron chi connectivity index (χ1n) is 6.72. The summed E-state index contributed by atoms with van der Waals surface area (Å²) in [5.74, 6) is -0.495. The number of sulfonamides is 1. The Labute approximate surface area is 151 Å². The topological polar surface area (TPSA) is 63.2 Å². The number of anilines is 1. The van der Waals surface area contributed by atoms with Crippen LogP contribution in [0.25, 0.3) is 10.6 Å². The van der Waals surface area contributed by atoms with Crippen LogP contribution in [-0.4, -0.2) is 25.7 Å². The average Bonchev–Trinajstić information content (AvgIpc) is 3.05. The molecule has 0 unspecified atom stereocenters. The van der Waals surface area contributed by atoms with Gasteiger partial charge >= 0.3 is 0 Å². The Bertz CT molecular complexity index is 957. The van der Waals surface area contributed by atoms with E-state index >= 15 is 0 Å². The maximum atomic E-state index is 13.0. The molecular weight excluding hydrogens is 417 g/mol. The summed E-state index contributed by atoms with van der Waals surface area (Å²) in [6.45, 7) is 0. The fourth-order valence-corrected chi connectivity index (χ4v) is 4.35. The monoisotopic (exact) mass is 427 g/mol. The zero-order chi connectivity index (χ0) is 17.3. The molecule has 3 rings (SSSR count). The molecule has 9 heteroatoms. The van der Waals surface area contributed by atoms with Crippen molar-refractivity contribution in [2.45, 2.75) is 4.90 Å². The fourth-order valence-electron chi connectivity index (χ4n) is 1.92. The van der Waals surface area contributed by atoms with Crippen LogP contribution in [0.2, 0.25) is 0 Å². The van der Waals surface area contributed by atoms with Gasteiger partial charge in [-0.2, -0.15) is 0 Å². The molecule has 0 fully saturated rings. The van der Waals surface area contributed by atoms with E-state index < -0.39 is 15.8 Å². The molecule has 0 amide bonds. The van der Waals surface area contributed by atoms with Gasteiger partial charge in [-0.1, -0.05) is 39.4 Å². The molecule has 0 spiro atoms. The van der Waals surface area contributed by atoms with Crippen LogP contribution in [0.3, 0.4) is 0 Å². The largest absolute Gasteiger partial charge is 0.265 e. The molecular formula is C15H11BrFN3O2S2. The Hall–Kier alpha value is -1.84.